The van der Waals surface area contributed by atoms with Crippen LogP contribution in [0.25, 0.3) is 0 Å². The molecule has 0 aromatic rings. The molecule has 3 nitrogen and oxygen atoms in total. The summed E-state index contributed by atoms with van der Waals surface area (Å²) in [5.41, 5.74) is 0. The van der Waals surface area contributed by atoms with Crippen LogP contribution in [0.5, 0.6) is 0 Å². The molecule has 1 aliphatic carbocycles. The van der Waals surface area contributed by atoms with Crippen LogP contribution in [-0.4, -0.2) is 23.2 Å². The van der Waals surface area contributed by atoms with E-state index in [9.17, 15) is 9.90 Å². The molecule has 14 heavy (non-hydrogen) atoms. The summed E-state index contributed by atoms with van der Waals surface area (Å²) in [4.78, 5) is 11.4. The van der Waals surface area contributed by atoms with Gasteiger partial charge in [0.15, 0.2) is 0 Å². The number of unbranched alkanes of at least 4 members (excludes halogenated alkanes) is 1. The van der Waals surface area contributed by atoms with Crippen molar-refractivity contribution in [3.8, 4) is 0 Å². The maximum atomic E-state index is 11.4. The van der Waals surface area contributed by atoms with Gasteiger partial charge in [0.25, 0.3) is 0 Å². The molecule has 2 atom stereocenters. The molecule has 1 fully saturated rings. The normalized spacial score (nSPS) is 27.3. The summed E-state index contributed by atoms with van der Waals surface area (Å²) >= 11 is 0. The number of aliphatic hydroxyl groups is 1. The maximum Gasteiger partial charge on any atom is 0.220 e. The number of hydrogen-bond acceptors (Lipinski definition) is 2. The van der Waals surface area contributed by atoms with Gasteiger partial charge >= 0.3 is 0 Å². The molecule has 0 saturated heterocycles. The van der Waals surface area contributed by atoms with Gasteiger partial charge in [0, 0.05) is 6.42 Å². The molecule has 82 valence electrons. The molecule has 0 aromatic carbocycles. The Morgan fingerprint density at radius 1 is 1.43 bits per heavy atom. The molecule has 0 spiro atoms. The highest BCUT2D eigenvalue weighted by Gasteiger charge is 2.23. The average molecular weight is 199 g/mol. The molecule has 0 bridgehead atoms. The van der Waals surface area contributed by atoms with Gasteiger partial charge in [-0.2, -0.15) is 0 Å². The Labute approximate surface area is 85.9 Å². The van der Waals surface area contributed by atoms with Crippen LogP contribution in [-0.2, 0) is 4.79 Å². The van der Waals surface area contributed by atoms with Crippen molar-refractivity contribution in [2.45, 2.75) is 64.0 Å². The van der Waals surface area contributed by atoms with Crippen LogP contribution in [0.3, 0.4) is 0 Å². The summed E-state index contributed by atoms with van der Waals surface area (Å²) in [5.74, 6) is 0.0952. The third kappa shape index (κ3) is 3.66. The van der Waals surface area contributed by atoms with Crippen molar-refractivity contribution in [1.29, 1.82) is 0 Å². The van der Waals surface area contributed by atoms with E-state index in [0.717, 1.165) is 38.5 Å². The average Bonchev–Trinajstić information content (AvgIpc) is 2.18. The zero-order valence-corrected chi connectivity index (χ0v) is 8.96. The molecule has 1 aliphatic rings. The lowest BCUT2D eigenvalue weighted by Crippen LogP contribution is -2.44. The summed E-state index contributed by atoms with van der Waals surface area (Å²) in [6.45, 7) is 2.07. The van der Waals surface area contributed by atoms with E-state index in [4.69, 9.17) is 0 Å². The van der Waals surface area contributed by atoms with Crippen LogP contribution in [0.4, 0.5) is 0 Å². The molecule has 1 saturated carbocycles. The first kappa shape index (κ1) is 11.5. The molecular formula is C11H21NO2. The van der Waals surface area contributed by atoms with E-state index in [1.165, 1.54) is 0 Å². The van der Waals surface area contributed by atoms with Crippen molar-refractivity contribution in [2.24, 2.45) is 0 Å². The topological polar surface area (TPSA) is 49.3 Å². The SMILES string of the molecule is CCCCC(=O)N[C@H]1CCCC[C@@H]1O. The molecule has 2 N–H and O–H groups in total. The van der Waals surface area contributed by atoms with Gasteiger partial charge in [0.1, 0.15) is 0 Å². The quantitative estimate of drug-likeness (QED) is 0.722. The number of carbonyl (C=O) groups excluding carboxylic acids is 1. The third-order valence-electron chi connectivity index (χ3n) is 2.83. The Hall–Kier alpha value is -0.570. The minimum absolute atomic E-state index is 0.00751. The van der Waals surface area contributed by atoms with E-state index in [2.05, 4.69) is 12.2 Å². The van der Waals surface area contributed by atoms with Crippen LogP contribution < -0.4 is 5.32 Å². The third-order valence-corrected chi connectivity index (χ3v) is 2.83. The van der Waals surface area contributed by atoms with Gasteiger partial charge < -0.3 is 10.4 Å². The first-order chi connectivity index (χ1) is 6.74. The molecule has 1 amide bonds. The van der Waals surface area contributed by atoms with Crippen molar-refractivity contribution in [3.05, 3.63) is 0 Å². The van der Waals surface area contributed by atoms with Crippen LogP contribution >= 0.6 is 0 Å². The lowest BCUT2D eigenvalue weighted by molar-refractivity contribution is -0.123. The van der Waals surface area contributed by atoms with E-state index < -0.39 is 0 Å². The highest BCUT2D eigenvalue weighted by Crippen LogP contribution is 2.18. The second-order valence-corrected chi connectivity index (χ2v) is 4.13. The van der Waals surface area contributed by atoms with E-state index in [-0.39, 0.29) is 18.1 Å². The van der Waals surface area contributed by atoms with E-state index in [0.29, 0.717) is 6.42 Å². The zero-order chi connectivity index (χ0) is 10.4. The molecule has 0 unspecified atom stereocenters. The molecule has 0 aliphatic heterocycles. The maximum absolute atomic E-state index is 11.4. The smallest absolute Gasteiger partial charge is 0.220 e. The van der Waals surface area contributed by atoms with Crippen molar-refractivity contribution in [1.82, 2.24) is 5.32 Å². The lowest BCUT2D eigenvalue weighted by Gasteiger charge is -2.28. The molecule has 1 rings (SSSR count). The fourth-order valence-corrected chi connectivity index (χ4v) is 1.90. The van der Waals surface area contributed by atoms with Gasteiger partial charge in [0.2, 0.25) is 5.91 Å². The summed E-state index contributed by atoms with van der Waals surface area (Å²) in [5, 5.41) is 12.5. The lowest BCUT2D eigenvalue weighted by atomic mass is 9.92. The standard InChI is InChI=1S/C11H21NO2/c1-2-3-8-11(14)12-9-6-4-5-7-10(9)13/h9-10,13H,2-8H2,1H3,(H,12,14)/t9-,10-/m0/s1. The number of rotatable bonds is 4. The summed E-state index contributed by atoms with van der Waals surface area (Å²) in [6.07, 6.45) is 6.22. The molecule has 0 heterocycles. The summed E-state index contributed by atoms with van der Waals surface area (Å²) in [7, 11) is 0. The van der Waals surface area contributed by atoms with Crippen LogP contribution in [0.1, 0.15) is 51.9 Å². The Bertz CT molecular complexity index is 182. The first-order valence-corrected chi connectivity index (χ1v) is 5.71. The molecular weight excluding hydrogens is 178 g/mol. The molecule has 0 aromatic heterocycles. The van der Waals surface area contributed by atoms with E-state index in [1.807, 2.05) is 0 Å². The number of carbonyl (C=O) groups is 1. The van der Waals surface area contributed by atoms with Crippen LogP contribution in [0.2, 0.25) is 0 Å². The van der Waals surface area contributed by atoms with Gasteiger partial charge in [-0.25, -0.2) is 0 Å². The second kappa shape index (κ2) is 6.02. The summed E-state index contributed by atoms with van der Waals surface area (Å²) in [6, 6.07) is 0.00751. The summed E-state index contributed by atoms with van der Waals surface area (Å²) < 4.78 is 0. The van der Waals surface area contributed by atoms with Gasteiger partial charge in [-0.1, -0.05) is 26.2 Å². The Balaban J connectivity index is 2.23. The van der Waals surface area contributed by atoms with Gasteiger partial charge in [-0.3, -0.25) is 4.79 Å². The van der Waals surface area contributed by atoms with Crippen molar-refractivity contribution < 1.29 is 9.90 Å². The largest absolute Gasteiger partial charge is 0.391 e. The molecule has 3 heteroatoms. The number of amides is 1. The number of nitrogens with one attached hydrogen (secondary N) is 1. The molecule has 0 radical (unpaired) electrons. The minimum atomic E-state index is -0.325. The van der Waals surface area contributed by atoms with Crippen LogP contribution in [0, 0.1) is 0 Å². The Kier molecular flexibility index (Phi) is 4.94. The predicted octanol–water partition coefficient (Wildman–Crippen LogP) is 1.60. The van der Waals surface area contributed by atoms with Gasteiger partial charge in [-0.15, -0.1) is 0 Å². The van der Waals surface area contributed by atoms with Crippen molar-refractivity contribution in [2.75, 3.05) is 0 Å². The second-order valence-electron chi connectivity index (χ2n) is 4.13. The number of hydrogen-bond donors (Lipinski definition) is 2. The van der Waals surface area contributed by atoms with Crippen molar-refractivity contribution >= 4 is 5.91 Å². The highest BCUT2D eigenvalue weighted by molar-refractivity contribution is 5.76. The highest BCUT2D eigenvalue weighted by atomic mass is 16.3. The fraction of sp³-hybridized carbons (Fsp3) is 0.909. The first-order valence-electron chi connectivity index (χ1n) is 5.71. The monoisotopic (exact) mass is 199 g/mol. The minimum Gasteiger partial charge on any atom is -0.391 e. The number of aliphatic hydroxyl groups excluding tert-OH is 1. The van der Waals surface area contributed by atoms with Crippen molar-refractivity contribution in [3.63, 3.8) is 0 Å². The van der Waals surface area contributed by atoms with Crippen LogP contribution in [0.15, 0.2) is 0 Å². The van der Waals surface area contributed by atoms with Gasteiger partial charge in [-0.05, 0) is 19.3 Å². The van der Waals surface area contributed by atoms with Gasteiger partial charge in [0.05, 0.1) is 12.1 Å². The predicted molar refractivity (Wildman–Crippen MR) is 55.9 cm³/mol. The van der Waals surface area contributed by atoms with E-state index in [1.54, 1.807) is 0 Å². The Morgan fingerprint density at radius 3 is 2.79 bits per heavy atom. The van der Waals surface area contributed by atoms with E-state index >= 15 is 0 Å². The zero-order valence-electron chi connectivity index (χ0n) is 8.96. The fourth-order valence-electron chi connectivity index (χ4n) is 1.90. The Morgan fingerprint density at radius 2 is 2.14 bits per heavy atom.